The first-order valence-electron chi connectivity index (χ1n) is 7.32. The second kappa shape index (κ2) is 7.17. The van der Waals surface area contributed by atoms with Crippen molar-refractivity contribution < 1.29 is 14.9 Å². The normalized spacial score (nSPS) is 10.6. The second-order valence-corrected chi connectivity index (χ2v) is 6.60. The molecule has 2 aromatic carbocycles. The summed E-state index contributed by atoms with van der Waals surface area (Å²) < 4.78 is 1.03. The number of aryl methyl sites for hydroxylation is 1. The molecule has 0 aliphatic heterocycles. The maximum absolute atomic E-state index is 12.1. The molecule has 0 radical (unpaired) electrons. The van der Waals surface area contributed by atoms with Crippen LogP contribution in [0.4, 0.5) is 17.1 Å². The Hall–Kier alpha value is -2.86. The summed E-state index contributed by atoms with van der Waals surface area (Å²) in [6, 6.07) is 6.70. The Kier molecular flexibility index (Phi) is 4.95. The molecular weight excluding hydrogens is 453 g/mol. The number of carbonyl (C=O) groups excluding carboxylic acids is 1. The van der Waals surface area contributed by atoms with Gasteiger partial charge in [0, 0.05) is 27.7 Å². The maximum Gasteiger partial charge on any atom is 0.298 e. The molecule has 132 valence electrons. The topological polar surface area (TPSA) is 130 Å². The lowest BCUT2D eigenvalue weighted by Crippen LogP contribution is -2.20. The predicted molar refractivity (Wildman–Crippen MR) is 103 cm³/mol. The van der Waals surface area contributed by atoms with E-state index >= 15 is 0 Å². The van der Waals surface area contributed by atoms with E-state index in [1.54, 1.807) is 0 Å². The number of nitro groups is 1. The van der Waals surface area contributed by atoms with E-state index in [0.29, 0.717) is 5.69 Å². The Morgan fingerprint density at radius 2 is 1.92 bits per heavy atom. The van der Waals surface area contributed by atoms with Crippen molar-refractivity contribution in [2.24, 2.45) is 0 Å². The van der Waals surface area contributed by atoms with Gasteiger partial charge < -0.3 is 5.32 Å². The van der Waals surface area contributed by atoms with Crippen LogP contribution in [0.5, 0.6) is 0 Å². The molecule has 1 heterocycles. The van der Waals surface area contributed by atoms with E-state index in [1.165, 1.54) is 17.9 Å². The number of rotatable bonds is 4. The zero-order valence-corrected chi connectivity index (χ0v) is 15.5. The fourth-order valence-electron chi connectivity index (χ4n) is 2.52. The first-order valence-corrected chi connectivity index (χ1v) is 8.40. The Labute approximate surface area is 160 Å². The van der Waals surface area contributed by atoms with E-state index in [1.807, 2.05) is 25.1 Å². The highest BCUT2D eigenvalue weighted by molar-refractivity contribution is 14.1. The van der Waals surface area contributed by atoms with Crippen LogP contribution in [0.3, 0.4) is 0 Å². The van der Waals surface area contributed by atoms with Crippen LogP contribution in [0.15, 0.2) is 36.7 Å². The molecular formula is C16H12IN5O4. The standard InChI is InChI=1S/C16H12IN5O4/c1-8-6-9(17)2-3-11(8)20-13-10(16(23)21-24)7-12(22(25)26)14-15(13)19-5-4-18-14/h2-7,20,24H,1H3,(H,21,23). The van der Waals surface area contributed by atoms with E-state index in [2.05, 4.69) is 37.9 Å². The summed E-state index contributed by atoms with van der Waals surface area (Å²) in [6.07, 6.45) is 2.71. The number of carbonyl (C=O) groups is 1. The largest absolute Gasteiger partial charge is 0.353 e. The molecule has 3 rings (SSSR count). The van der Waals surface area contributed by atoms with Gasteiger partial charge in [0.05, 0.1) is 16.2 Å². The van der Waals surface area contributed by atoms with Gasteiger partial charge in [0.25, 0.3) is 11.6 Å². The van der Waals surface area contributed by atoms with E-state index in [4.69, 9.17) is 5.21 Å². The number of hydroxylamine groups is 1. The van der Waals surface area contributed by atoms with Crippen LogP contribution in [0, 0.1) is 20.6 Å². The third kappa shape index (κ3) is 3.28. The summed E-state index contributed by atoms with van der Waals surface area (Å²) in [5, 5.41) is 23.5. The average molecular weight is 465 g/mol. The van der Waals surface area contributed by atoms with Gasteiger partial charge in [-0.25, -0.2) is 10.5 Å². The van der Waals surface area contributed by atoms with Crippen molar-refractivity contribution in [3.8, 4) is 0 Å². The monoisotopic (exact) mass is 465 g/mol. The number of benzene rings is 2. The van der Waals surface area contributed by atoms with Crippen LogP contribution in [-0.2, 0) is 0 Å². The van der Waals surface area contributed by atoms with Crippen LogP contribution in [0.1, 0.15) is 15.9 Å². The molecule has 0 bridgehead atoms. The van der Waals surface area contributed by atoms with Crippen LogP contribution in [0.25, 0.3) is 11.0 Å². The van der Waals surface area contributed by atoms with Crippen molar-refractivity contribution in [1.29, 1.82) is 0 Å². The number of nitrogens with one attached hydrogen (secondary N) is 2. The first kappa shape index (κ1) is 17.9. The minimum absolute atomic E-state index is 0.0395. The van der Waals surface area contributed by atoms with Crippen molar-refractivity contribution in [2.45, 2.75) is 6.92 Å². The number of non-ortho nitro benzene ring substituents is 1. The van der Waals surface area contributed by atoms with Gasteiger partial charge in [0.15, 0.2) is 5.52 Å². The molecule has 0 aliphatic carbocycles. The molecule has 0 unspecified atom stereocenters. The van der Waals surface area contributed by atoms with Crippen LogP contribution in [-0.4, -0.2) is 26.0 Å². The highest BCUT2D eigenvalue weighted by atomic mass is 127. The van der Waals surface area contributed by atoms with Gasteiger partial charge in [0.1, 0.15) is 5.52 Å². The number of aromatic nitrogens is 2. The molecule has 1 amide bonds. The molecule has 9 nitrogen and oxygen atoms in total. The summed E-state index contributed by atoms with van der Waals surface area (Å²) in [5.41, 5.74) is 3.02. The number of amides is 1. The third-order valence-electron chi connectivity index (χ3n) is 3.72. The number of hydrogen-bond donors (Lipinski definition) is 3. The molecule has 0 spiro atoms. The Balaban J connectivity index is 2.30. The second-order valence-electron chi connectivity index (χ2n) is 5.35. The number of nitrogens with zero attached hydrogens (tertiary/aromatic N) is 3. The van der Waals surface area contributed by atoms with E-state index in [9.17, 15) is 14.9 Å². The minimum Gasteiger partial charge on any atom is -0.353 e. The summed E-state index contributed by atoms with van der Waals surface area (Å²) in [5.74, 6) is -0.897. The lowest BCUT2D eigenvalue weighted by molar-refractivity contribution is -0.383. The summed E-state index contributed by atoms with van der Waals surface area (Å²) in [7, 11) is 0. The zero-order chi connectivity index (χ0) is 18.8. The summed E-state index contributed by atoms with van der Waals surface area (Å²) >= 11 is 2.18. The first-order chi connectivity index (χ1) is 12.4. The summed E-state index contributed by atoms with van der Waals surface area (Å²) in [4.78, 5) is 31.0. The van der Waals surface area contributed by atoms with Crippen LogP contribution in [0.2, 0.25) is 0 Å². The number of halogens is 1. The highest BCUT2D eigenvalue weighted by Gasteiger charge is 2.25. The number of fused-ring (bicyclic) bond motifs is 1. The average Bonchev–Trinajstić information content (AvgIpc) is 2.63. The van der Waals surface area contributed by atoms with E-state index < -0.39 is 10.8 Å². The molecule has 0 atom stereocenters. The minimum atomic E-state index is -0.897. The lowest BCUT2D eigenvalue weighted by Gasteiger charge is -2.15. The van der Waals surface area contributed by atoms with Crippen molar-refractivity contribution >= 4 is 56.6 Å². The van der Waals surface area contributed by atoms with Gasteiger partial charge in [-0.05, 0) is 53.3 Å². The number of hydrogen-bond acceptors (Lipinski definition) is 7. The van der Waals surface area contributed by atoms with Gasteiger partial charge in [-0.1, -0.05) is 0 Å². The molecule has 1 aromatic heterocycles. The fourth-order valence-corrected chi connectivity index (χ4v) is 3.17. The van der Waals surface area contributed by atoms with Crippen molar-refractivity contribution in [3.05, 3.63) is 61.5 Å². The van der Waals surface area contributed by atoms with Gasteiger partial charge in [-0.15, -0.1) is 0 Å². The number of nitro benzene ring substituents is 1. The van der Waals surface area contributed by atoms with E-state index in [-0.39, 0.29) is 28.0 Å². The molecule has 0 fully saturated rings. The van der Waals surface area contributed by atoms with Crippen LogP contribution < -0.4 is 10.8 Å². The highest BCUT2D eigenvalue weighted by Crippen LogP contribution is 2.35. The Bertz CT molecular complexity index is 1040. The SMILES string of the molecule is Cc1cc(I)ccc1Nc1c(C(=O)NO)cc([N+](=O)[O-])c2nccnc12. The maximum atomic E-state index is 12.1. The van der Waals surface area contributed by atoms with Crippen molar-refractivity contribution in [2.75, 3.05) is 5.32 Å². The lowest BCUT2D eigenvalue weighted by atomic mass is 10.1. The van der Waals surface area contributed by atoms with Crippen molar-refractivity contribution in [1.82, 2.24) is 15.4 Å². The quantitative estimate of drug-likeness (QED) is 0.233. The molecule has 10 heteroatoms. The molecule has 3 N–H and O–H groups in total. The molecule has 26 heavy (non-hydrogen) atoms. The molecule has 0 aliphatic rings. The fraction of sp³-hybridized carbons (Fsp3) is 0.0625. The smallest absolute Gasteiger partial charge is 0.298 e. The van der Waals surface area contributed by atoms with Crippen LogP contribution >= 0.6 is 22.6 Å². The summed E-state index contributed by atoms with van der Waals surface area (Å²) in [6.45, 7) is 1.88. The molecule has 0 saturated heterocycles. The van der Waals surface area contributed by atoms with Crippen molar-refractivity contribution in [3.63, 3.8) is 0 Å². The molecule has 3 aromatic rings. The Morgan fingerprint density at radius 3 is 2.54 bits per heavy atom. The number of anilines is 2. The Morgan fingerprint density at radius 1 is 1.23 bits per heavy atom. The van der Waals surface area contributed by atoms with Gasteiger partial charge in [-0.2, -0.15) is 0 Å². The van der Waals surface area contributed by atoms with E-state index in [0.717, 1.165) is 15.2 Å². The van der Waals surface area contributed by atoms with Gasteiger partial charge >= 0.3 is 0 Å². The third-order valence-corrected chi connectivity index (χ3v) is 4.39. The molecule has 0 saturated carbocycles. The zero-order valence-electron chi connectivity index (χ0n) is 13.4. The van der Waals surface area contributed by atoms with Gasteiger partial charge in [-0.3, -0.25) is 25.1 Å². The van der Waals surface area contributed by atoms with Gasteiger partial charge in [0.2, 0.25) is 0 Å². The predicted octanol–water partition coefficient (Wildman–Crippen LogP) is 3.31.